The van der Waals surface area contributed by atoms with Gasteiger partial charge >= 0.3 is 7.12 Å². The zero-order valence-corrected chi connectivity index (χ0v) is 22.7. The summed E-state index contributed by atoms with van der Waals surface area (Å²) in [6.07, 6.45) is 0. The van der Waals surface area contributed by atoms with Crippen LogP contribution in [-0.2, 0) is 9.31 Å². The molecule has 1 aliphatic rings. The molecule has 4 rings (SSSR count). The Bertz CT molecular complexity index is 1090. The predicted molar refractivity (Wildman–Crippen MR) is 146 cm³/mol. The smallest absolute Gasteiger partial charge is 0.399 e. The maximum atomic E-state index is 6.37. The molecule has 1 saturated heterocycles. The molecule has 3 aromatic rings. The van der Waals surface area contributed by atoms with Crippen LogP contribution in [0.3, 0.4) is 0 Å². The molecule has 33 heavy (non-hydrogen) atoms. The Morgan fingerprint density at radius 1 is 0.667 bits per heavy atom. The van der Waals surface area contributed by atoms with E-state index in [0.29, 0.717) is 0 Å². The molecule has 2 heterocycles. The molecule has 0 radical (unpaired) electrons. The van der Waals surface area contributed by atoms with Crippen molar-refractivity contribution in [2.75, 3.05) is 0 Å². The van der Waals surface area contributed by atoms with Crippen molar-refractivity contribution >= 4 is 45.6 Å². The van der Waals surface area contributed by atoms with Crippen molar-refractivity contribution in [1.29, 1.82) is 0 Å². The van der Waals surface area contributed by atoms with Crippen molar-refractivity contribution < 1.29 is 9.31 Å². The highest BCUT2D eigenvalue weighted by Gasteiger charge is 2.52. The van der Waals surface area contributed by atoms with Gasteiger partial charge in [0.25, 0.3) is 6.71 Å². The summed E-state index contributed by atoms with van der Waals surface area (Å²) in [4.78, 5) is 0. The molecule has 172 valence electrons. The summed E-state index contributed by atoms with van der Waals surface area (Å²) in [5.74, 6) is 0. The van der Waals surface area contributed by atoms with Crippen LogP contribution in [0.5, 0.6) is 0 Å². The lowest BCUT2D eigenvalue weighted by molar-refractivity contribution is 0.00578. The van der Waals surface area contributed by atoms with Gasteiger partial charge in [-0.1, -0.05) is 80.7 Å². The third-order valence-corrected chi connectivity index (χ3v) is 8.64. The van der Waals surface area contributed by atoms with Gasteiger partial charge in [0.15, 0.2) is 0 Å². The van der Waals surface area contributed by atoms with Gasteiger partial charge in [-0.05, 0) is 74.0 Å². The number of benzene rings is 2. The molecule has 1 aromatic heterocycles. The highest BCUT2D eigenvalue weighted by atomic mass is 32.1. The molecule has 0 bridgehead atoms. The fourth-order valence-corrected chi connectivity index (χ4v) is 6.42. The second-order valence-electron chi connectivity index (χ2n) is 10.9. The van der Waals surface area contributed by atoms with Crippen LogP contribution < -0.4 is 20.5 Å². The number of aryl methyl sites for hydroxylation is 6. The molecule has 0 spiro atoms. The minimum atomic E-state index is -0.338. The summed E-state index contributed by atoms with van der Waals surface area (Å²) in [5, 5.41) is 0. The van der Waals surface area contributed by atoms with Gasteiger partial charge < -0.3 is 9.31 Å². The van der Waals surface area contributed by atoms with Crippen LogP contribution >= 0.6 is 11.3 Å². The average molecular weight is 458 g/mol. The summed E-state index contributed by atoms with van der Waals surface area (Å²) in [6.45, 7) is 22.0. The first-order chi connectivity index (χ1) is 15.3. The van der Waals surface area contributed by atoms with E-state index in [1.54, 1.807) is 0 Å². The molecule has 2 nitrogen and oxygen atoms in total. The van der Waals surface area contributed by atoms with Gasteiger partial charge in [-0.25, -0.2) is 0 Å². The van der Waals surface area contributed by atoms with Crippen molar-refractivity contribution in [3.8, 4) is 0 Å². The number of rotatable bonds is 4. The molecule has 5 heteroatoms. The van der Waals surface area contributed by atoms with E-state index >= 15 is 0 Å². The zero-order chi connectivity index (χ0) is 24.3. The third kappa shape index (κ3) is 4.36. The Kier molecular flexibility index (Phi) is 6.22. The summed E-state index contributed by atoms with van der Waals surface area (Å²) in [5.41, 5.74) is 10.2. The van der Waals surface area contributed by atoms with E-state index in [1.807, 2.05) is 11.3 Å². The highest BCUT2D eigenvalue weighted by Crippen LogP contribution is 2.36. The Morgan fingerprint density at radius 2 is 1.06 bits per heavy atom. The van der Waals surface area contributed by atoms with Gasteiger partial charge in [-0.3, -0.25) is 0 Å². The predicted octanol–water partition coefficient (Wildman–Crippen LogP) is 4.41. The van der Waals surface area contributed by atoms with Gasteiger partial charge in [0, 0.05) is 4.78 Å². The molecule has 0 unspecified atom stereocenters. The van der Waals surface area contributed by atoms with E-state index in [0.717, 1.165) is 4.78 Å². The van der Waals surface area contributed by atoms with Crippen LogP contribution in [0.2, 0.25) is 0 Å². The molecule has 2 aromatic carbocycles. The van der Waals surface area contributed by atoms with Crippen molar-refractivity contribution in [2.45, 2.75) is 80.4 Å². The minimum Gasteiger partial charge on any atom is -0.399 e. The van der Waals surface area contributed by atoms with Crippen LogP contribution in [0.15, 0.2) is 36.4 Å². The minimum absolute atomic E-state index is 0.187. The Hall–Kier alpha value is -1.81. The molecule has 0 N–H and O–H groups in total. The highest BCUT2D eigenvalue weighted by molar-refractivity contribution is 7.33. The lowest BCUT2D eigenvalue weighted by Crippen LogP contribution is -2.55. The van der Waals surface area contributed by atoms with Crippen molar-refractivity contribution in [2.24, 2.45) is 0 Å². The fourth-order valence-electron chi connectivity index (χ4n) is 5.33. The Labute approximate surface area is 205 Å². The van der Waals surface area contributed by atoms with E-state index in [4.69, 9.17) is 9.31 Å². The summed E-state index contributed by atoms with van der Waals surface area (Å²) in [6, 6.07) is 13.8. The van der Waals surface area contributed by atoms with Gasteiger partial charge in [0.2, 0.25) is 0 Å². The lowest BCUT2D eigenvalue weighted by Gasteiger charge is -2.32. The molecular formula is C28H36B2O2S. The van der Waals surface area contributed by atoms with E-state index in [2.05, 4.69) is 106 Å². The van der Waals surface area contributed by atoms with Crippen LogP contribution in [0.1, 0.15) is 61.1 Å². The van der Waals surface area contributed by atoms with Crippen LogP contribution in [0, 0.1) is 41.5 Å². The van der Waals surface area contributed by atoms with Crippen molar-refractivity contribution in [3.05, 3.63) is 69.8 Å². The quantitative estimate of drug-likeness (QED) is 0.540. The molecular weight excluding hydrogens is 422 g/mol. The standard InChI is InChI=1S/C28H36B2O2S/c1-17-13-19(3)25(20(4)14-17)29(26-21(5)15-18(2)16-22(26)6)23-11-12-24(33-23)30-31-27(7,8)28(9,10)32-30/h11-16H,1-10H3. The molecule has 1 fully saturated rings. The topological polar surface area (TPSA) is 18.5 Å². The summed E-state index contributed by atoms with van der Waals surface area (Å²) >= 11 is 1.82. The van der Waals surface area contributed by atoms with Gasteiger partial charge in [-0.2, -0.15) is 11.3 Å². The monoisotopic (exact) mass is 458 g/mol. The van der Waals surface area contributed by atoms with Gasteiger partial charge in [0.05, 0.1) is 11.2 Å². The van der Waals surface area contributed by atoms with Crippen LogP contribution in [0.4, 0.5) is 0 Å². The van der Waals surface area contributed by atoms with Gasteiger partial charge in [-0.15, -0.1) is 0 Å². The fraction of sp³-hybridized carbons (Fsp3) is 0.429. The van der Waals surface area contributed by atoms with Crippen molar-refractivity contribution in [1.82, 2.24) is 0 Å². The zero-order valence-electron chi connectivity index (χ0n) is 21.8. The van der Waals surface area contributed by atoms with E-state index in [1.165, 1.54) is 49.1 Å². The largest absolute Gasteiger partial charge is 0.505 e. The van der Waals surface area contributed by atoms with E-state index in [-0.39, 0.29) is 25.0 Å². The summed E-state index contributed by atoms with van der Waals surface area (Å²) in [7, 11) is -0.324. The van der Waals surface area contributed by atoms with E-state index < -0.39 is 0 Å². The first-order valence-electron chi connectivity index (χ1n) is 11.9. The maximum Gasteiger partial charge on any atom is 0.505 e. The SMILES string of the molecule is Cc1cc(C)c(B(c2ccc(B3OC(C)(C)C(C)(C)O3)s2)c2c(C)cc(C)cc2C)c(C)c1. The number of thiophene rings is 1. The first-order valence-corrected chi connectivity index (χ1v) is 12.7. The molecule has 0 aliphatic carbocycles. The van der Waals surface area contributed by atoms with Crippen LogP contribution in [-0.4, -0.2) is 25.0 Å². The normalized spacial score (nSPS) is 17.0. The molecule has 1 aliphatic heterocycles. The number of hydrogen-bond acceptors (Lipinski definition) is 3. The van der Waals surface area contributed by atoms with E-state index in [9.17, 15) is 0 Å². The second kappa shape index (κ2) is 8.45. The lowest BCUT2D eigenvalue weighted by atomic mass is 9.37. The molecule has 0 atom stereocenters. The second-order valence-corrected chi connectivity index (χ2v) is 12.0. The van der Waals surface area contributed by atoms with Crippen LogP contribution in [0.25, 0.3) is 0 Å². The Morgan fingerprint density at radius 3 is 1.45 bits per heavy atom. The first kappa shape index (κ1) is 24.3. The molecule has 0 saturated carbocycles. The Balaban J connectivity index is 1.87. The molecule has 0 amide bonds. The summed E-state index contributed by atoms with van der Waals surface area (Å²) < 4.78 is 15.2. The maximum absolute atomic E-state index is 6.37. The number of hydrogen-bond donors (Lipinski definition) is 0. The van der Waals surface area contributed by atoms with Gasteiger partial charge in [0.1, 0.15) is 0 Å². The third-order valence-electron chi connectivity index (χ3n) is 7.47. The van der Waals surface area contributed by atoms with Crippen molar-refractivity contribution in [3.63, 3.8) is 0 Å². The average Bonchev–Trinajstić information content (AvgIpc) is 3.21.